The van der Waals surface area contributed by atoms with Crippen LogP contribution in [-0.2, 0) is 0 Å². The highest BCUT2D eigenvalue weighted by Crippen LogP contribution is 2.55. The number of benzene rings is 6. The summed E-state index contributed by atoms with van der Waals surface area (Å²) < 4.78 is 0. The summed E-state index contributed by atoms with van der Waals surface area (Å²) in [5.41, 5.74) is 15.2. The van der Waals surface area contributed by atoms with Crippen LogP contribution < -0.4 is 9.80 Å². The zero-order valence-corrected chi connectivity index (χ0v) is 30.5. The fourth-order valence-electron chi connectivity index (χ4n) is 8.09. The largest absolute Gasteiger partial charge is 0.311 e. The minimum Gasteiger partial charge on any atom is -0.311 e. The summed E-state index contributed by atoms with van der Waals surface area (Å²) in [6, 6.07) is 54.3. The lowest BCUT2D eigenvalue weighted by Gasteiger charge is -2.46. The first kappa shape index (κ1) is 33.4. The number of nitrogens with zero attached hydrogens (tertiary/aromatic N) is 2. The monoisotopic (exact) mass is 654 g/mol. The highest BCUT2D eigenvalue weighted by atomic mass is 15.1. The summed E-state index contributed by atoms with van der Waals surface area (Å²) in [7, 11) is 0. The van der Waals surface area contributed by atoms with Crippen molar-refractivity contribution in [2.75, 3.05) is 9.80 Å². The zero-order chi connectivity index (χ0) is 34.8. The van der Waals surface area contributed by atoms with Crippen LogP contribution in [0.4, 0.5) is 34.1 Å². The highest BCUT2D eigenvalue weighted by molar-refractivity contribution is 5.78. The third-order valence-corrected chi connectivity index (χ3v) is 11.1. The van der Waals surface area contributed by atoms with E-state index in [4.69, 9.17) is 0 Å². The highest BCUT2D eigenvalue weighted by Gasteiger charge is 2.41. The van der Waals surface area contributed by atoms with E-state index in [1.54, 1.807) is 0 Å². The molecular formula is C48H50N2. The molecule has 1 aliphatic carbocycles. The molecule has 1 aliphatic rings. The lowest BCUT2D eigenvalue weighted by molar-refractivity contribution is 0.160. The molecule has 0 aromatic heterocycles. The van der Waals surface area contributed by atoms with Gasteiger partial charge in [0.1, 0.15) is 0 Å². The number of anilines is 6. The second-order valence-corrected chi connectivity index (χ2v) is 15.1. The normalized spacial score (nSPS) is 16.9. The van der Waals surface area contributed by atoms with Crippen molar-refractivity contribution < 1.29 is 0 Å². The summed E-state index contributed by atoms with van der Waals surface area (Å²) in [6.07, 6.45) is 3.67. The third-order valence-electron chi connectivity index (χ3n) is 11.1. The van der Waals surface area contributed by atoms with Crippen LogP contribution in [0.1, 0.15) is 78.3 Å². The molecule has 0 radical (unpaired) electrons. The Balaban J connectivity index is 1.16. The maximum absolute atomic E-state index is 2.50. The lowest BCUT2D eigenvalue weighted by atomic mass is 9.58. The summed E-state index contributed by atoms with van der Waals surface area (Å²) in [4.78, 5) is 4.74. The van der Waals surface area contributed by atoms with Gasteiger partial charge in [0.25, 0.3) is 0 Å². The van der Waals surface area contributed by atoms with E-state index < -0.39 is 0 Å². The quantitative estimate of drug-likeness (QED) is 0.161. The van der Waals surface area contributed by atoms with E-state index in [0.717, 1.165) is 0 Å². The molecule has 0 N–H and O–H groups in total. The first-order valence-corrected chi connectivity index (χ1v) is 18.2. The molecule has 1 fully saturated rings. The van der Waals surface area contributed by atoms with E-state index in [1.165, 1.54) is 86.8 Å². The molecule has 2 atom stereocenters. The van der Waals surface area contributed by atoms with Gasteiger partial charge in [-0.05, 0) is 142 Å². The van der Waals surface area contributed by atoms with Gasteiger partial charge in [-0.25, -0.2) is 0 Å². The summed E-state index contributed by atoms with van der Waals surface area (Å²) in [5.74, 6) is 0.970. The van der Waals surface area contributed by atoms with Crippen LogP contribution in [0.2, 0.25) is 0 Å². The molecule has 7 rings (SSSR count). The lowest BCUT2D eigenvalue weighted by Crippen LogP contribution is -2.33. The first-order valence-electron chi connectivity index (χ1n) is 18.2. The minimum atomic E-state index is 0.114. The van der Waals surface area contributed by atoms with Crippen LogP contribution in [0.25, 0.3) is 0 Å². The first-order chi connectivity index (χ1) is 24.2. The van der Waals surface area contributed by atoms with E-state index >= 15 is 0 Å². The fraction of sp³-hybridized carbons (Fsp3) is 0.250. The minimum absolute atomic E-state index is 0.114. The molecule has 0 spiro atoms. The van der Waals surface area contributed by atoms with Crippen LogP contribution in [0.3, 0.4) is 0 Å². The Hall–Kier alpha value is -5.08. The van der Waals surface area contributed by atoms with Gasteiger partial charge in [-0.1, -0.05) is 115 Å². The van der Waals surface area contributed by atoms with E-state index in [-0.39, 0.29) is 5.41 Å². The Morgan fingerprint density at radius 1 is 0.360 bits per heavy atom. The average Bonchev–Trinajstić information content (AvgIpc) is 3.12. The molecule has 1 saturated carbocycles. The summed E-state index contributed by atoms with van der Waals surface area (Å²) in [5, 5.41) is 0. The van der Waals surface area contributed by atoms with E-state index in [0.29, 0.717) is 11.8 Å². The van der Waals surface area contributed by atoms with Gasteiger partial charge in [0.2, 0.25) is 0 Å². The summed E-state index contributed by atoms with van der Waals surface area (Å²) in [6.45, 7) is 13.6. The number of rotatable bonds is 8. The molecule has 6 aromatic rings. The fourth-order valence-corrected chi connectivity index (χ4v) is 8.09. The van der Waals surface area contributed by atoms with Crippen LogP contribution in [-0.4, -0.2) is 0 Å². The molecule has 2 unspecified atom stereocenters. The number of aryl methyl sites for hydroxylation is 4. The summed E-state index contributed by atoms with van der Waals surface area (Å²) >= 11 is 0. The van der Waals surface area contributed by atoms with E-state index in [9.17, 15) is 0 Å². The zero-order valence-electron chi connectivity index (χ0n) is 30.5. The van der Waals surface area contributed by atoms with Crippen LogP contribution in [0.15, 0.2) is 146 Å². The topological polar surface area (TPSA) is 6.48 Å². The maximum Gasteiger partial charge on any atom is 0.0461 e. The molecule has 0 amide bonds. The SMILES string of the molecule is Cc1ccc(N(c2ccc(C)cc2)c2ccc(C3CCCC(c4ccc(N(c5ccc(C)cc5)c5ccc(C)cc5)cc4)C3(C)C)cc2)cc1. The second-order valence-electron chi connectivity index (χ2n) is 15.1. The standard InChI is InChI=1S/C48H50N2/c1-34-10-22-40(23-11-34)49(41-24-12-35(2)13-25-41)44-30-18-38(19-31-44)46-8-7-9-47(48(46,5)6)39-20-32-45(33-21-39)50(42-26-14-36(3)15-27-42)43-28-16-37(4)17-29-43/h10-33,46-47H,7-9H2,1-6H3. The number of hydrogen-bond acceptors (Lipinski definition) is 2. The van der Waals surface area contributed by atoms with Crippen molar-refractivity contribution in [3.63, 3.8) is 0 Å². The Morgan fingerprint density at radius 2 is 0.580 bits per heavy atom. The Bertz CT molecular complexity index is 1760. The predicted octanol–water partition coefficient (Wildman–Crippen LogP) is 13.9. The Morgan fingerprint density at radius 3 is 0.820 bits per heavy atom. The van der Waals surface area contributed by atoms with Crippen LogP contribution in [0.5, 0.6) is 0 Å². The maximum atomic E-state index is 2.50. The molecule has 0 aliphatic heterocycles. The molecule has 0 bridgehead atoms. The van der Waals surface area contributed by atoms with Crippen molar-refractivity contribution >= 4 is 34.1 Å². The van der Waals surface area contributed by atoms with Gasteiger partial charge in [-0.3, -0.25) is 0 Å². The van der Waals surface area contributed by atoms with Gasteiger partial charge in [0.15, 0.2) is 0 Å². The molecule has 2 nitrogen and oxygen atoms in total. The smallest absolute Gasteiger partial charge is 0.0461 e. The molecular weight excluding hydrogens is 605 g/mol. The van der Waals surface area contributed by atoms with Gasteiger partial charge < -0.3 is 9.80 Å². The average molecular weight is 655 g/mol. The molecule has 0 saturated heterocycles. The van der Waals surface area contributed by atoms with Crippen LogP contribution in [0, 0.1) is 33.1 Å². The van der Waals surface area contributed by atoms with Crippen molar-refractivity contribution in [3.05, 3.63) is 179 Å². The molecule has 50 heavy (non-hydrogen) atoms. The van der Waals surface area contributed by atoms with Gasteiger partial charge in [-0.2, -0.15) is 0 Å². The predicted molar refractivity (Wildman–Crippen MR) is 214 cm³/mol. The number of hydrogen-bond donors (Lipinski definition) is 0. The van der Waals surface area contributed by atoms with Gasteiger partial charge in [-0.15, -0.1) is 0 Å². The molecule has 2 heteroatoms. The van der Waals surface area contributed by atoms with Crippen LogP contribution >= 0.6 is 0 Å². The van der Waals surface area contributed by atoms with Crippen molar-refractivity contribution in [2.24, 2.45) is 5.41 Å². The van der Waals surface area contributed by atoms with Crippen molar-refractivity contribution in [2.45, 2.75) is 72.6 Å². The molecule has 252 valence electrons. The molecule has 0 heterocycles. The van der Waals surface area contributed by atoms with Crippen molar-refractivity contribution in [1.82, 2.24) is 0 Å². The van der Waals surface area contributed by atoms with E-state index in [2.05, 4.69) is 197 Å². The Labute approximate surface area is 300 Å². The van der Waals surface area contributed by atoms with Gasteiger partial charge in [0, 0.05) is 34.1 Å². The van der Waals surface area contributed by atoms with Crippen molar-refractivity contribution in [1.29, 1.82) is 0 Å². The second kappa shape index (κ2) is 14.0. The van der Waals surface area contributed by atoms with Crippen molar-refractivity contribution in [3.8, 4) is 0 Å². The Kier molecular flexibility index (Phi) is 9.38. The van der Waals surface area contributed by atoms with Gasteiger partial charge >= 0.3 is 0 Å². The van der Waals surface area contributed by atoms with E-state index in [1.807, 2.05) is 0 Å². The van der Waals surface area contributed by atoms with Gasteiger partial charge in [0.05, 0.1) is 0 Å². The molecule has 6 aromatic carbocycles. The third kappa shape index (κ3) is 6.85.